The van der Waals surface area contributed by atoms with Gasteiger partial charge in [-0.2, -0.15) is 0 Å². The number of halogens is 3. The Morgan fingerprint density at radius 3 is 2.27 bits per heavy atom. The lowest BCUT2D eigenvalue weighted by molar-refractivity contribution is 0.587. The van der Waals surface area contributed by atoms with Gasteiger partial charge in [-0.3, -0.25) is 4.98 Å². The minimum absolute atomic E-state index is 0.0983. The van der Waals surface area contributed by atoms with Gasteiger partial charge >= 0.3 is 0 Å². The molecule has 0 unspecified atom stereocenters. The maximum Gasteiger partial charge on any atom is 0.136 e. The number of rotatable bonds is 1. The molecule has 2 rings (SSSR count). The Bertz CT molecular complexity index is 462. The third-order valence-electron chi connectivity index (χ3n) is 1.93. The summed E-state index contributed by atoms with van der Waals surface area (Å²) >= 11 is 3.02. The van der Waals surface area contributed by atoms with Crippen molar-refractivity contribution in [3.63, 3.8) is 0 Å². The van der Waals surface area contributed by atoms with Gasteiger partial charge in [0.15, 0.2) is 0 Å². The Kier molecular flexibility index (Phi) is 2.77. The van der Waals surface area contributed by atoms with Crippen LogP contribution in [-0.2, 0) is 0 Å². The number of nitrogens with zero attached hydrogens (tertiary/aromatic N) is 1. The second-order valence-electron chi connectivity index (χ2n) is 2.96. The van der Waals surface area contributed by atoms with E-state index >= 15 is 0 Å². The first-order valence-corrected chi connectivity index (χ1v) is 5.04. The van der Waals surface area contributed by atoms with Crippen LogP contribution in [0.5, 0.6) is 0 Å². The number of aromatic nitrogens is 1. The van der Waals surface area contributed by atoms with Crippen molar-refractivity contribution in [2.45, 2.75) is 0 Å². The summed E-state index contributed by atoms with van der Waals surface area (Å²) in [5, 5.41) is 0. The second kappa shape index (κ2) is 4.06. The van der Waals surface area contributed by atoms with Crippen LogP contribution in [0, 0.1) is 11.6 Å². The maximum atomic E-state index is 13.5. The molecule has 1 heterocycles. The summed E-state index contributed by atoms with van der Waals surface area (Å²) in [7, 11) is 0. The van der Waals surface area contributed by atoms with E-state index in [0.29, 0.717) is 10.2 Å². The average Bonchev–Trinajstić information content (AvgIpc) is 2.17. The SMILES string of the molecule is Fc1cc(Br)cc(F)c1-c1ccccn1. The predicted octanol–water partition coefficient (Wildman–Crippen LogP) is 3.79. The Morgan fingerprint density at radius 2 is 1.73 bits per heavy atom. The Balaban J connectivity index is 2.64. The van der Waals surface area contributed by atoms with Crippen LogP contribution in [0.1, 0.15) is 0 Å². The molecule has 0 saturated carbocycles. The van der Waals surface area contributed by atoms with Gasteiger partial charge in [-0.05, 0) is 24.3 Å². The first-order valence-electron chi connectivity index (χ1n) is 4.24. The fourth-order valence-corrected chi connectivity index (χ4v) is 1.70. The second-order valence-corrected chi connectivity index (χ2v) is 3.88. The molecular formula is C11H6BrF2N. The largest absolute Gasteiger partial charge is 0.256 e. The standard InChI is InChI=1S/C11H6BrF2N/c12-7-5-8(13)11(9(14)6-7)10-3-1-2-4-15-10/h1-6H. The highest BCUT2D eigenvalue weighted by Gasteiger charge is 2.12. The first-order chi connectivity index (χ1) is 7.18. The minimum atomic E-state index is -0.624. The fraction of sp³-hybridized carbons (Fsp3) is 0. The molecule has 0 fully saturated rings. The van der Waals surface area contributed by atoms with Crippen LogP contribution >= 0.6 is 15.9 Å². The summed E-state index contributed by atoms with van der Waals surface area (Å²) in [5.41, 5.74) is 0.193. The molecule has 0 amide bonds. The molecule has 0 aliphatic heterocycles. The van der Waals surface area contributed by atoms with E-state index in [1.54, 1.807) is 18.2 Å². The molecule has 1 aromatic heterocycles. The number of pyridine rings is 1. The summed E-state index contributed by atoms with van der Waals surface area (Å²) in [6.45, 7) is 0. The number of hydrogen-bond acceptors (Lipinski definition) is 1. The van der Waals surface area contributed by atoms with Crippen molar-refractivity contribution < 1.29 is 8.78 Å². The molecular weight excluding hydrogens is 264 g/mol. The van der Waals surface area contributed by atoms with E-state index < -0.39 is 11.6 Å². The van der Waals surface area contributed by atoms with E-state index in [-0.39, 0.29) is 5.56 Å². The number of hydrogen-bond donors (Lipinski definition) is 0. The third kappa shape index (κ3) is 2.04. The summed E-state index contributed by atoms with van der Waals surface area (Å²) in [5.74, 6) is -1.25. The summed E-state index contributed by atoms with van der Waals surface area (Å²) < 4.78 is 27.3. The lowest BCUT2D eigenvalue weighted by atomic mass is 10.1. The van der Waals surface area contributed by atoms with E-state index in [1.165, 1.54) is 18.3 Å². The molecule has 0 radical (unpaired) electrons. The van der Waals surface area contributed by atoms with E-state index in [4.69, 9.17) is 0 Å². The van der Waals surface area contributed by atoms with Gasteiger partial charge in [0, 0.05) is 10.7 Å². The normalized spacial score (nSPS) is 10.3. The summed E-state index contributed by atoms with van der Waals surface area (Å²) in [4.78, 5) is 3.91. The van der Waals surface area contributed by atoms with Gasteiger partial charge in [-0.15, -0.1) is 0 Å². The maximum absolute atomic E-state index is 13.5. The zero-order valence-electron chi connectivity index (χ0n) is 7.55. The molecule has 0 aliphatic rings. The van der Waals surface area contributed by atoms with Crippen molar-refractivity contribution in [1.29, 1.82) is 0 Å². The summed E-state index contributed by atoms with van der Waals surface area (Å²) in [6.07, 6.45) is 1.50. The van der Waals surface area contributed by atoms with Gasteiger partial charge in [0.25, 0.3) is 0 Å². The predicted molar refractivity (Wildman–Crippen MR) is 57.3 cm³/mol. The molecule has 76 valence electrons. The van der Waals surface area contributed by atoms with Gasteiger partial charge in [0.05, 0.1) is 11.3 Å². The highest BCUT2D eigenvalue weighted by atomic mass is 79.9. The minimum Gasteiger partial charge on any atom is -0.256 e. The van der Waals surface area contributed by atoms with Gasteiger partial charge in [-0.25, -0.2) is 8.78 Å². The highest BCUT2D eigenvalue weighted by Crippen LogP contribution is 2.27. The molecule has 2 aromatic rings. The fourth-order valence-electron chi connectivity index (χ4n) is 1.30. The zero-order valence-corrected chi connectivity index (χ0v) is 9.13. The van der Waals surface area contributed by atoms with Crippen molar-refractivity contribution in [2.24, 2.45) is 0 Å². The molecule has 0 saturated heterocycles. The van der Waals surface area contributed by atoms with E-state index in [1.807, 2.05) is 0 Å². The zero-order chi connectivity index (χ0) is 10.8. The van der Waals surface area contributed by atoms with Crippen LogP contribution in [0.15, 0.2) is 41.0 Å². The molecule has 1 nitrogen and oxygen atoms in total. The lowest BCUT2D eigenvalue weighted by Gasteiger charge is -2.04. The van der Waals surface area contributed by atoms with Gasteiger partial charge in [0.2, 0.25) is 0 Å². The molecule has 0 bridgehead atoms. The van der Waals surface area contributed by atoms with Gasteiger partial charge in [-0.1, -0.05) is 22.0 Å². The molecule has 0 atom stereocenters. The quantitative estimate of drug-likeness (QED) is 0.768. The lowest BCUT2D eigenvalue weighted by Crippen LogP contribution is -1.92. The van der Waals surface area contributed by atoms with Gasteiger partial charge in [0.1, 0.15) is 11.6 Å². The van der Waals surface area contributed by atoms with Crippen molar-refractivity contribution in [2.75, 3.05) is 0 Å². The molecule has 0 N–H and O–H groups in total. The molecule has 15 heavy (non-hydrogen) atoms. The molecule has 4 heteroatoms. The smallest absolute Gasteiger partial charge is 0.136 e. The average molecular weight is 270 g/mol. The van der Waals surface area contributed by atoms with Crippen LogP contribution in [0.4, 0.5) is 8.78 Å². The topological polar surface area (TPSA) is 12.9 Å². The van der Waals surface area contributed by atoms with Crippen LogP contribution < -0.4 is 0 Å². The first kappa shape index (κ1) is 10.2. The molecule has 0 spiro atoms. The van der Waals surface area contributed by atoms with Crippen LogP contribution in [-0.4, -0.2) is 4.98 Å². The van der Waals surface area contributed by atoms with Crippen LogP contribution in [0.2, 0.25) is 0 Å². The third-order valence-corrected chi connectivity index (χ3v) is 2.39. The van der Waals surface area contributed by atoms with Crippen molar-refractivity contribution in [3.05, 3.63) is 52.6 Å². The Morgan fingerprint density at radius 1 is 1.07 bits per heavy atom. The van der Waals surface area contributed by atoms with E-state index in [0.717, 1.165) is 0 Å². The number of benzene rings is 1. The summed E-state index contributed by atoms with van der Waals surface area (Å²) in [6, 6.07) is 7.37. The monoisotopic (exact) mass is 269 g/mol. The van der Waals surface area contributed by atoms with Crippen LogP contribution in [0.3, 0.4) is 0 Å². The van der Waals surface area contributed by atoms with Crippen molar-refractivity contribution in [1.82, 2.24) is 4.98 Å². The van der Waals surface area contributed by atoms with Gasteiger partial charge < -0.3 is 0 Å². The van der Waals surface area contributed by atoms with Crippen molar-refractivity contribution in [3.8, 4) is 11.3 Å². The molecule has 1 aromatic carbocycles. The Labute approximate surface area is 93.9 Å². The Hall–Kier alpha value is -1.29. The highest BCUT2D eigenvalue weighted by molar-refractivity contribution is 9.10. The molecule has 0 aliphatic carbocycles. The van der Waals surface area contributed by atoms with Crippen LogP contribution in [0.25, 0.3) is 11.3 Å². The van der Waals surface area contributed by atoms with E-state index in [2.05, 4.69) is 20.9 Å². The van der Waals surface area contributed by atoms with Crippen molar-refractivity contribution >= 4 is 15.9 Å². The van der Waals surface area contributed by atoms with E-state index in [9.17, 15) is 8.78 Å².